The van der Waals surface area contributed by atoms with Gasteiger partial charge in [-0.25, -0.2) is 9.48 Å². The molecule has 0 saturated heterocycles. The standard InChI is InChI=1S/C14H15N3O4/c18-9-6-12(14(20)21)16-13(19)10-2-4-11(5-3-10)17-8-1-7-15-17/h1-5,7-8,12,18H,6,9H2,(H,16,19)(H,20,21). The first-order valence-corrected chi connectivity index (χ1v) is 6.36. The number of aromatic nitrogens is 2. The lowest BCUT2D eigenvalue weighted by molar-refractivity contribution is -0.139. The fourth-order valence-corrected chi connectivity index (χ4v) is 1.82. The fraction of sp³-hybridized carbons (Fsp3) is 0.214. The molecule has 2 rings (SSSR count). The van der Waals surface area contributed by atoms with Crippen molar-refractivity contribution in [3.63, 3.8) is 0 Å². The van der Waals surface area contributed by atoms with Crippen LogP contribution >= 0.6 is 0 Å². The van der Waals surface area contributed by atoms with Crippen LogP contribution in [-0.2, 0) is 4.79 Å². The number of hydrogen-bond donors (Lipinski definition) is 3. The molecular formula is C14H15N3O4. The fourth-order valence-electron chi connectivity index (χ4n) is 1.82. The van der Waals surface area contributed by atoms with Crippen LogP contribution < -0.4 is 5.32 Å². The van der Waals surface area contributed by atoms with Gasteiger partial charge in [0.1, 0.15) is 6.04 Å². The highest BCUT2D eigenvalue weighted by Crippen LogP contribution is 2.09. The van der Waals surface area contributed by atoms with Crippen LogP contribution in [0.2, 0.25) is 0 Å². The van der Waals surface area contributed by atoms with E-state index in [9.17, 15) is 9.59 Å². The zero-order valence-corrected chi connectivity index (χ0v) is 11.1. The van der Waals surface area contributed by atoms with Crippen molar-refractivity contribution in [1.82, 2.24) is 15.1 Å². The van der Waals surface area contributed by atoms with Crippen LogP contribution in [0.15, 0.2) is 42.7 Å². The second-order valence-corrected chi connectivity index (χ2v) is 4.37. The van der Waals surface area contributed by atoms with Gasteiger partial charge in [-0.15, -0.1) is 0 Å². The van der Waals surface area contributed by atoms with Crippen LogP contribution in [0, 0.1) is 0 Å². The smallest absolute Gasteiger partial charge is 0.326 e. The Hall–Kier alpha value is -2.67. The number of carbonyl (C=O) groups is 2. The van der Waals surface area contributed by atoms with Gasteiger partial charge < -0.3 is 15.5 Å². The molecule has 0 radical (unpaired) electrons. The highest BCUT2D eigenvalue weighted by Gasteiger charge is 2.19. The number of carboxylic acids is 1. The summed E-state index contributed by atoms with van der Waals surface area (Å²) in [5, 5.41) is 24.2. The Kier molecular flexibility index (Phi) is 4.68. The van der Waals surface area contributed by atoms with Gasteiger partial charge >= 0.3 is 5.97 Å². The first-order chi connectivity index (χ1) is 10.1. The highest BCUT2D eigenvalue weighted by molar-refractivity contribution is 5.96. The predicted octanol–water partition coefficient (Wildman–Crippen LogP) is 0.438. The third-order valence-corrected chi connectivity index (χ3v) is 2.92. The quantitative estimate of drug-likeness (QED) is 0.715. The molecule has 3 N–H and O–H groups in total. The molecule has 1 atom stereocenters. The molecule has 0 fully saturated rings. The number of amides is 1. The Morgan fingerprint density at radius 1 is 1.29 bits per heavy atom. The Morgan fingerprint density at radius 2 is 2.00 bits per heavy atom. The minimum atomic E-state index is -1.18. The molecule has 1 aromatic carbocycles. The van der Waals surface area contributed by atoms with E-state index in [0.717, 1.165) is 5.69 Å². The number of aliphatic hydroxyl groups excluding tert-OH is 1. The van der Waals surface area contributed by atoms with Crippen LogP contribution in [0.4, 0.5) is 0 Å². The number of nitrogens with one attached hydrogen (secondary N) is 1. The van der Waals surface area contributed by atoms with Crippen LogP contribution in [0.25, 0.3) is 5.69 Å². The molecule has 2 aromatic rings. The van der Waals surface area contributed by atoms with Crippen molar-refractivity contribution in [2.24, 2.45) is 0 Å². The van der Waals surface area contributed by atoms with Gasteiger partial charge in [0.2, 0.25) is 0 Å². The van der Waals surface area contributed by atoms with Crippen molar-refractivity contribution >= 4 is 11.9 Å². The van der Waals surface area contributed by atoms with E-state index in [1.54, 1.807) is 47.4 Å². The molecule has 0 spiro atoms. The molecule has 0 aliphatic rings. The minimum absolute atomic E-state index is 0.0353. The van der Waals surface area contributed by atoms with Gasteiger partial charge in [0.15, 0.2) is 0 Å². The molecular weight excluding hydrogens is 274 g/mol. The number of nitrogens with zero attached hydrogens (tertiary/aromatic N) is 2. The second kappa shape index (κ2) is 6.67. The highest BCUT2D eigenvalue weighted by atomic mass is 16.4. The van der Waals surface area contributed by atoms with Crippen LogP contribution in [0.1, 0.15) is 16.8 Å². The van der Waals surface area contributed by atoms with Crippen molar-refractivity contribution in [3.8, 4) is 5.69 Å². The van der Waals surface area contributed by atoms with Gasteiger partial charge in [-0.05, 0) is 30.3 Å². The third kappa shape index (κ3) is 3.67. The molecule has 7 heteroatoms. The maximum Gasteiger partial charge on any atom is 0.326 e. The van der Waals surface area contributed by atoms with Crippen molar-refractivity contribution < 1.29 is 19.8 Å². The van der Waals surface area contributed by atoms with E-state index in [1.807, 2.05) is 0 Å². The van der Waals surface area contributed by atoms with Crippen LogP contribution in [-0.4, -0.2) is 44.5 Å². The maximum atomic E-state index is 12.0. The van der Waals surface area contributed by atoms with Crippen molar-refractivity contribution in [1.29, 1.82) is 0 Å². The Bertz CT molecular complexity index is 608. The number of aliphatic carboxylic acids is 1. The average Bonchev–Trinajstić information content (AvgIpc) is 3.01. The van der Waals surface area contributed by atoms with Gasteiger partial charge in [0.25, 0.3) is 5.91 Å². The molecule has 1 aromatic heterocycles. The van der Waals surface area contributed by atoms with Crippen LogP contribution in [0.3, 0.4) is 0 Å². The molecule has 110 valence electrons. The lowest BCUT2D eigenvalue weighted by Gasteiger charge is -2.13. The number of hydrogen-bond acceptors (Lipinski definition) is 4. The number of rotatable bonds is 6. The summed E-state index contributed by atoms with van der Waals surface area (Å²) in [5.74, 6) is -1.67. The van der Waals surface area contributed by atoms with E-state index in [1.165, 1.54) is 0 Å². The number of aliphatic hydroxyl groups is 1. The van der Waals surface area contributed by atoms with Crippen LogP contribution in [0.5, 0.6) is 0 Å². The Balaban J connectivity index is 2.07. The van der Waals surface area contributed by atoms with Crippen molar-refractivity contribution in [2.45, 2.75) is 12.5 Å². The summed E-state index contributed by atoms with van der Waals surface area (Å²) in [6.07, 6.45) is 3.39. The lowest BCUT2D eigenvalue weighted by atomic mass is 10.1. The molecule has 7 nitrogen and oxygen atoms in total. The normalized spacial score (nSPS) is 11.9. The topological polar surface area (TPSA) is 104 Å². The molecule has 1 amide bonds. The van der Waals surface area contributed by atoms with E-state index in [4.69, 9.17) is 10.2 Å². The zero-order valence-electron chi connectivity index (χ0n) is 11.1. The first-order valence-electron chi connectivity index (χ1n) is 6.36. The molecule has 0 aliphatic carbocycles. The number of carboxylic acid groups (broad SMARTS) is 1. The number of benzene rings is 1. The van der Waals surface area contributed by atoms with Gasteiger partial charge in [-0.2, -0.15) is 5.10 Å². The molecule has 0 saturated carbocycles. The SMILES string of the molecule is O=C(NC(CCO)C(=O)O)c1ccc(-n2cccn2)cc1. The maximum absolute atomic E-state index is 12.0. The largest absolute Gasteiger partial charge is 0.480 e. The first kappa shape index (κ1) is 14.7. The van der Waals surface area contributed by atoms with Crippen molar-refractivity contribution in [2.75, 3.05) is 6.61 Å². The summed E-state index contributed by atoms with van der Waals surface area (Å²) >= 11 is 0. The Morgan fingerprint density at radius 3 is 2.52 bits per heavy atom. The zero-order chi connectivity index (χ0) is 15.2. The summed E-state index contributed by atoms with van der Waals surface area (Å²) in [6.45, 7) is -0.310. The Labute approximate surface area is 120 Å². The van der Waals surface area contributed by atoms with Gasteiger partial charge in [-0.1, -0.05) is 0 Å². The van der Waals surface area contributed by atoms with E-state index in [0.29, 0.717) is 5.56 Å². The minimum Gasteiger partial charge on any atom is -0.480 e. The van der Waals surface area contributed by atoms with E-state index < -0.39 is 17.9 Å². The lowest BCUT2D eigenvalue weighted by Crippen LogP contribution is -2.41. The van der Waals surface area contributed by atoms with Gasteiger partial charge in [0.05, 0.1) is 5.69 Å². The molecule has 1 unspecified atom stereocenters. The van der Waals surface area contributed by atoms with Gasteiger partial charge in [-0.3, -0.25) is 4.79 Å². The summed E-state index contributed by atoms with van der Waals surface area (Å²) in [4.78, 5) is 22.9. The third-order valence-electron chi connectivity index (χ3n) is 2.92. The second-order valence-electron chi connectivity index (χ2n) is 4.37. The van der Waals surface area contributed by atoms with Gasteiger partial charge in [0, 0.05) is 31.0 Å². The summed E-state index contributed by atoms with van der Waals surface area (Å²) < 4.78 is 1.65. The molecule has 0 bridgehead atoms. The number of carbonyl (C=O) groups excluding carboxylic acids is 1. The van der Waals surface area contributed by atoms with E-state index >= 15 is 0 Å². The molecule has 1 heterocycles. The monoisotopic (exact) mass is 289 g/mol. The van der Waals surface area contributed by atoms with E-state index in [2.05, 4.69) is 10.4 Å². The summed E-state index contributed by atoms with van der Waals surface area (Å²) in [7, 11) is 0. The average molecular weight is 289 g/mol. The van der Waals surface area contributed by atoms with E-state index in [-0.39, 0.29) is 13.0 Å². The summed E-state index contributed by atoms with van der Waals surface area (Å²) in [6, 6.07) is 7.28. The molecule has 0 aliphatic heterocycles. The molecule has 21 heavy (non-hydrogen) atoms. The van der Waals surface area contributed by atoms with Crippen molar-refractivity contribution in [3.05, 3.63) is 48.3 Å². The predicted molar refractivity (Wildman–Crippen MR) is 74.2 cm³/mol. The summed E-state index contributed by atoms with van der Waals surface area (Å²) in [5.41, 5.74) is 1.14.